The number of carbonyl (C=O) groups excluding carboxylic acids is 1. The molecule has 0 aliphatic carbocycles. The highest BCUT2D eigenvalue weighted by atomic mass is 35.5. The lowest BCUT2D eigenvalue weighted by Crippen LogP contribution is -2.24. The molecule has 0 radical (unpaired) electrons. The molecule has 0 spiro atoms. The number of nitrogens with zero attached hydrogens (tertiary/aromatic N) is 2. The maximum absolute atomic E-state index is 13.3. The first-order valence-electron chi connectivity index (χ1n) is 11.8. The fraction of sp³-hybridized carbons (Fsp3) is 0.185. The van der Waals surface area contributed by atoms with Crippen LogP contribution < -0.4 is 16.2 Å². The smallest absolute Gasteiger partial charge is 0.411 e. The number of rotatable bonds is 5. The molecule has 0 saturated carbocycles. The summed E-state index contributed by atoms with van der Waals surface area (Å²) in [7, 11) is 1.30. The molecule has 10 nitrogen and oxygen atoms in total. The molecular weight excluding hydrogens is 510 g/mol. The lowest BCUT2D eigenvalue weighted by molar-refractivity contribution is 0.187. The number of imidazole rings is 1. The van der Waals surface area contributed by atoms with Gasteiger partial charge in [0.2, 0.25) is 0 Å². The zero-order valence-electron chi connectivity index (χ0n) is 20.5. The average Bonchev–Trinajstić information content (AvgIpc) is 3.49. The molecule has 38 heavy (non-hydrogen) atoms. The molecule has 0 bridgehead atoms. The van der Waals surface area contributed by atoms with Crippen LogP contribution in [0.3, 0.4) is 0 Å². The number of aromatic amines is 1. The van der Waals surface area contributed by atoms with Gasteiger partial charge in [0.1, 0.15) is 5.82 Å². The van der Waals surface area contributed by atoms with Crippen molar-refractivity contribution in [2.45, 2.75) is 25.8 Å². The number of ether oxygens (including phenoxy) is 1. The molecule has 11 heteroatoms. The molecule has 2 aromatic carbocycles. The van der Waals surface area contributed by atoms with Crippen molar-refractivity contribution in [3.63, 3.8) is 0 Å². The Hall–Kier alpha value is -4.57. The number of carboxylic acid groups (broad SMARTS) is 1. The average molecular weight is 534 g/mol. The number of aryl methyl sites for hydroxylation is 2. The highest BCUT2D eigenvalue weighted by Crippen LogP contribution is 2.35. The van der Waals surface area contributed by atoms with E-state index in [1.807, 2.05) is 25.1 Å². The lowest BCUT2D eigenvalue weighted by Gasteiger charge is -2.15. The molecule has 194 valence electrons. The van der Waals surface area contributed by atoms with E-state index in [-0.39, 0.29) is 11.6 Å². The van der Waals surface area contributed by atoms with Crippen LogP contribution in [0, 0.1) is 6.92 Å². The van der Waals surface area contributed by atoms with Crippen molar-refractivity contribution in [1.82, 2.24) is 14.5 Å². The number of methoxy groups -OCH3 is 1. The SMILES string of the molecule is COC(=O)Nc1ccc(-c2[nH]c([C@@H]3CCc4cc(-c5cc(Cl)ccc5NC(=O)O)cc(=O)n43)nc2C)cc1. The molecule has 0 unspecified atom stereocenters. The van der Waals surface area contributed by atoms with E-state index in [4.69, 9.17) is 16.6 Å². The van der Waals surface area contributed by atoms with E-state index in [1.54, 1.807) is 34.9 Å². The van der Waals surface area contributed by atoms with Crippen molar-refractivity contribution in [3.05, 3.63) is 87.2 Å². The third-order valence-corrected chi connectivity index (χ3v) is 6.73. The van der Waals surface area contributed by atoms with E-state index in [0.29, 0.717) is 46.2 Å². The van der Waals surface area contributed by atoms with Crippen LogP contribution in [0.25, 0.3) is 22.4 Å². The Balaban J connectivity index is 1.46. The molecule has 1 aliphatic heterocycles. The first-order valence-corrected chi connectivity index (χ1v) is 12.2. The van der Waals surface area contributed by atoms with Gasteiger partial charge >= 0.3 is 12.2 Å². The van der Waals surface area contributed by atoms with Gasteiger partial charge in [0, 0.05) is 28.0 Å². The topological polar surface area (TPSA) is 138 Å². The number of nitrogens with one attached hydrogen (secondary N) is 3. The van der Waals surface area contributed by atoms with E-state index in [9.17, 15) is 19.5 Å². The van der Waals surface area contributed by atoms with Crippen LogP contribution >= 0.6 is 11.6 Å². The third kappa shape index (κ3) is 4.85. The van der Waals surface area contributed by atoms with Crippen LogP contribution in [0.1, 0.15) is 29.7 Å². The molecule has 1 aliphatic rings. The molecule has 5 rings (SSSR count). The summed E-state index contributed by atoms with van der Waals surface area (Å²) in [5, 5.41) is 14.6. The van der Waals surface area contributed by atoms with E-state index >= 15 is 0 Å². The lowest BCUT2D eigenvalue weighted by atomic mass is 10.0. The predicted octanol–water partition coefficient (Wildman–Crippen LogP) is 5.67. The summed E-state index contributed by atoms with van der Waals surface area (Å²) in [6, 6.07) is 15.2. The Labute approximate surface area is 222 Å². The Kier molecular flexibility index (Phi) is 6.64. The molecule has 2 amide bonds. The maximum Gasteiger partial charge on any atom is 0.411 e. The normalized spacial score (nSPS) is 14.1. The number of aromatic nitrogens is 3. The summed E-state index contributed by atoms with van der Waals surface area (Å²) in [5.74, 6) is 0.679. The van der Waals surface area contributed by atoms with Crippen molar-refractivity contribution < 1.29 is 19.4 Å². The minimum atomic E-state index is -1.20. The van der Waals surface area contributed by atoms with Crippen LogP contribution in [-0.4, -0.2) is 38.9 Å². The van der Waals surface area contributed by atoms with Crippen LogP contribution in [-0.2, 0) is 11.2 Å². The van der Waals surface area contributed by atoms with Gasteiger partial charge in [-0.3, -0.25) is 15.4 Å². The summed E-state index contributed by atoms with van der Waals surface area (Å²) < 4.78 is 6.34. The first-order chi connectivity index (χ1) is 18.2. The quantitative estimate of drug-likeness (QED) is 0.261. The molecule has 0 saturated heterocycles. The number of amides is 2. The van der Waals surface area contributed by atoms with Crippen molar-refractivity contribution in [2.75, 3.05) is 17.7 Å². The van der Waals surface area contributed by atoms with Gasteiger partial charge in [-0.25, -0.2) is 14.6 Å². The number of pyridine rings is 1. The standard InChI is InChI=1S/C27H24ClN5O5/c1-14-24(15-3-6-18(7-4-15)30-27(37)38-2)32-25(29-14)22-10-8-19-11-16(12-23(34)33(19)22)20-13-17(28)5-9-21(20)31-26(35)36/h3-7,9,11-13,22,31H,8,10H2,1-2H3,(H,29,32)(H,30,37)(H,35,36)/t22-/m0/s1. The highest BCUT2D eigenvalue weighted by molar-refractivity contribution is 6.31. The second-order valence-corrected chi connectivity index (χ2v) is 9.33. The summed E-state index contributed by atoms with van der Waals surface area (Å²) in [5.41, 5.74) is 5.18. The fourth-order valence-corrected chi connectivity index (χ4v) is 4.97. The zero-order valence-corrected chi connectivity index (χ0v) is 21.3. The number of carbonyl (C=O) groups is 2. The van der Waals surface area contributed by atoms with Gasteiger partial charge in [0.25, 0.3) is 5.56 Å². The Bertz CT molecular complexity index is 1610. The van der Waals surface area contributed by atoms with Gasteiger partial charge in [0.15, 0.2) is 0 Å². The summed E-state index contributed by atoms with van der Waals surface area (Å²) >= 11 is 6.17. The number of fused-ring (bicyclic) bond motifs is 1. The molecule has 0 fully saturated rings. The van der Waals surface area contributed by atoms with Crippen molar-refractivity contribution in [3.8, 4) is 22.4 Å². The number of hydrogen-bond acceptors (Lipinski definition) is 5. The third-order valence-electron chi connectivity index (χ3n) is 6.49. The van der Waals surface area contributed by atoms with Crippen LogP contribution in [0.4, 0.5) is 21.0 Å². The number of benzene rings is 2. The second kappa shape index (κ2) is 10.1. The summed E-state index contributed by atoms with van der Waals surface area (Å²) in [4.78, 5) is 44.1. The minimum Gasteiger partial charge on any atom is -0.465 e. The largest absolute Gasteiger partial charge is 0.465 e. The van der Waals surface area contributed by atoms with E-state index in [0.717, 1.165) is 22.6 Å². The van der Waals surface area contributed by atoms with Crippen LogP contribution in [0.2, 0.25) is 5.02 Å². The first kappa shape index (κ1) is 25.1. The summed E-state index contributed by atoms with van der Waals surface area (Å²) in [6.45, 7) is 1.90. The Morgan fingerprint density at radius 1 is 1.11 bits per heavy atom. The van der Waals surface area contributed by atoms with Crippen molar-refractivity contribution >= 4 is 35.2 Å². The van der Waals surface area contributed by atoms with Gasteiger partial charge in [-0.15, -0.1) is 0 Å². The Morgan fingerprint density at radius 2 is 1.87 bits per heavy atom. The monoisotopic (exact) mass is 533 g/mol. The van der Waals surface area contributed by atoms with E-state index < -0.39 is 12.2 Å². The van der Waals surface area contributed by atoms with E-state index in [2.05, 4.69) is 20.4 Å². The molecule has 4 aromatic rings. The predicted molar refractivity (Wildman–Crippen MR) is 144 cm³/mol. The van der Waals surface area contributed by atoms with Gasteiger partial charge in [0.05, 0.1) is 30.2 Å². The molecule has 2 aromatic heterocycles. The zero-order chi connectivity index (χ0) is 27.0. The number of hydrogen-bond donors (Lipinski definition) is 4. The van der Waals surface area contributed by atoms with Crippen molar-refractivity contribution in [1.29, 1.82) is 0 Å². The van der Waals surface area contributed by atoms with Gasteiger partial charge in [-0.2, -0.15) is 0 Å². The fourth-order valence-electron chi connectivity index (χ4n) is 4.80. The van der Waals surface area contributed by atoms with Gasteiger partial charge < -0.3 is 19.4 Å². The van der Waals surface area contributed by atoms with Gasteiger partial charge in [-0.1, -0.05) is 23.7 Å². The summed E-state index contributed by atoms with van der Waals surface area (Å²) in [6.07, 6.45) is -0.414. The molecule has 3 heterocycles. The molecule has 4 N–H and O–H groups in total. The number of anilines is 2. The maximum atomic E-state index is 13.3. The van der Waals surface area contributed by atoms with Crippen LogP contribution in [0.5, 0.6) is 0 Å². The number of halogens is 1. The minimum absolute atomic E-state index is 0.213. The van der Waals surface area contributed by atoms with Crippen LogP contribution in [0.15, 0.2) is 59.4 Å². The Morgan fingerprint density at radius 3 is 2.58 bits per heavy atom. The second-order valence-electron chi connectivity index (χ2n) is 8.89. The molecule has 1 atom stereocenters. The molecular formula is C27H24ClN5O5. The van der Waals surface area contributed by atoms with Gasteiger partial charge in [-0.05, 0) is 67.3 Å². The van der Waals surface area contributed by atoms with E-state index in [1.165, 1.54) is 13.2 Å². The number of H-pyrrole nitrogens is 1. The highest BCUT2D eigenvalue weighted by Gasteiger charge is 2.28. The van der Waals surface area contributed by atoms with Crippen molar-refractivity contribution in [2.24, 2.45) is 0 Å².